The minimum absolute atomic E-state index is 0.770. The zero-order chi connectivity index (χ0) is 23.6. The fourth-order valence-corrected chi connectivity index (χ4v) is 3.42. The minimum atomic E-state index is 0.770. The summed E-state index contributed by atoms with van der Waals surface area (Å²) in [6.07, 6.45) is 3.45. The summed E-state index contributed by atoms with van der Waals surface area (Å²) in [6, 6.07) is 31.4. The van der Waals surface area contributed by atoms with Crippen LogP contribution in [-0.2, 0) is 0 Å². The van der Waals surface area contributed by atoms with Crippen molar-refractivity contribution >= 4 is 35.2 Å². The van der Waals surface area contributed by atoms with E-state index in [0.29, 0.717) is 0 Å². The molecule has 2 N–H and O–H groups in total. The van der Waals surface area contributed by atoms with Gasteiger partial charge in [0.1, 0.15) is 11.5 Å². The second-order valence-corrected chi connectivity index (χ2v) is 7.31. The topological polar surface area (TPSA) is 67.2 Å². The molecule has 170 valence electrons. The maximum Gasteiger partial charge on any atom is 0.142 e. The van der Waals surface area contributed by atoms with E-state index in [4.69, 9.17) is 9.47 Å². The maximum absolute atomic E-state index is 5.44. The normalized spacial score (nSPS) is 11.0. The number of methoxy groups -OCH3 is 2. The number of hydrogen-bond donors (Lipinski definition) is 2. The lowest BCUT2D eigenvalue weighted by Gasteiger charge is -2.12. The zero-order valence-electron chi connectivity index (χ0n) is 19.1. The number of nitrogens with zero attached hydrogens (tertiary/aromatic N) is 2. The fraction of sp³-hybridized carbons (Fsp3) is 0.0714. The van der Waals surface area contributed by atoms with Crippen LogP contribution >= 0.6 is 0 Å². The quantitative estimate of drug-likeness (QED) is 0.221. The van der Waals surface area contributed by atoms with E-state index >= 15 is 0 Å². The number of rotatable bonds is 9. The van der Waals surface area contributed by atoms with Gasteiger partial charge in [-0.05, 0) is 36.4 Å². The van der Waals surface area contributed by atoms with Crippen molar-refractivity contribution < 1.29 is 9.47 Å². The van der Waals surface area contributed by atoms with Crippen molar-refractivity contribution in [2.45, 2.75) is 0 Å². The lowest BCUT2D eigenvalue weighted by molar-refractivity contribution is 0.416. The smallest absolute Gasteiger partial charge is 0.142 e. The molecule has 0 aromatic heterocycles. The van der Waals surface area contributed by atoms with Gasteiger partial charge in [-0.15, -0.1) is 0 Å². The van der Waals surface area contributed by atoms with Crippen molar-refractivity contribution in [2.75, 3.05) is 24.9 Å². The SMILES string of the molecule is COc1ccccc1Nc1ccccc1C=NN=Cc1ccccc1Nc1ccccc1OC. The van der Waals surface area contributed by atoms with Gasteiger partial charge in [0.25, 0.3) is 0 Å². The molecule has 0 amide bonds. The molecule has 6 heteroatoms. The van der Waals surface area contributed by atoms with Gasteiger partial charge in [-0.25, -0.2) is 0 Å². The molecule has 0 atom stereocenters. The van der Waals surface area contributed by atoms with E-state index in [-0.39, 0.29) is 0 Å². The largest absolute Gasteiger partial charge is 0.495 e. The highest BCUT2D eigenvalue weighted by atomic mass is 16.5. The summed E-state index contributed by atoms with van der Waals surface area (Å²) in [6.45, 7) is 0. The van der Waals surface area contributed by atoms with Gasteiger partial charge < -0.3 is 20.1 Å². The molecule has 0 aliphatic carbocycles. The molecule has 0 saturated heterocycles. The molecule has 0 saturated carbocycles. The summed E-state index contributed by atoms with van der Waals surface area (Å²) in [5.74, 6) is 1.54. The summed E-state index contributed by atoms with van der Waals surface area (Å²) in [4.78, 5) is 0. The van der Waals surface area contributed by atoms with Gasteiger partial charge in [0.15, 0.2) is 0 Å². The molecule has 0 radical (unpaired) electrons. The number of hydrogen-bond acceptors (Lipinski definition) is 6. The molecule has 4 aromatic carbocycles. The van der Waals surface area contributed by atoms with E-state index in [1.54, 1.807) is 26.6 Å². The van der Waals surface area contributed by atoms with Crippen molar-refractivity contribution in [2.24, 2.45) is 10.2 Å². The van der Waals surface area contributed by atoms with E-state index in [9.17, 15) is 0 Å². The number of ether oxygens (including phenoxy) is 2. The van der Waals surface area contributed by atoms with Gasteiger partial charge in [0.05, 0.1) is 38.0 Å². The van der Waals surface area contributed by atoms with Crippen LogP contribution in [0, 0.1) is 0 Å². The van der Waals surface area contributed by atoms with Crippen molar-refractivity contribution in [1.82, 2.24) is 0 Å². The molecular weight excluding hydrogens is 424 g/mol. The molecule has 0 bridgehead atoms. The highest BCUT2D eigenvalue weighted by molar-refractivity contribution is 5.92. The molecule has 0 unspecified atom stereocenters. The Balaban J connectivity index is 1.51. The third-order valence-electron chi connectivity index (χ3n) is 5.13. The Hall–Kier alpha value is -4.58. The van der Waals surface area contributed by atoms with Crippen LogP contribution in [0.2, 0.25) is 0 Å². The first-order chi connectivity index (χ1) is 16.8. The minimum Gasteiger partial charge on any atom is -0.495 e. The van der Waals surface area contributed by atoms with Gasteiger partial charge in [0.2, 0.25) is 0 Å². The van der Waals surface area contributed by atoms with Crippen LogP contribution < -0.4 is 20.1 Å². The van der Waals surface area contributed by atoms with Gasteiger partial charge in [-0.2, -0.15) is 10.2 Å². The molecular formula is C28H26N4O2. The zero-order valence-corrected chi connectivity index (χ0v) is 19.1. The second-order valence-electron chi connectivity index (χ2n) is 7.31. The van der Waals surface area contributed by atoms with Gasteiger partial charge in [0, 0.05) is 22.5 Å². The van der Waals surface area contributed by atoms with Gasteiger partial charge >= 0.3 is 0 Å². The summed E-state index contributed by atoms with van der Waals surface area (Å²) in [5, 5.41) is 15.4. The molecule has 0 heterocycles. The second kappa shape index (κ2) is 11.3. The third-order valence-corrected chi connectivity index (χ3v) is 5.13. The van der Waals surface area contributed by atoms with Crippen LogP contribution in [0.4, 0.5) is 22.7 Å². The van der Waals surface area contributed by atoms with E-state index in [1.807, 2.05) is 97.1 Å². The summed E-state index contributed by atoms with van der Waals surface area (Å²) >= 11 is 0. The average Bonchev–Trinajstić information content (AvgIpc) is 2.89. The summed E-state index contributed by atoms with van der Waals surface area (Å²) in [5.41, 5.74) is 5.39. The highest BCUT2D eigenvalue weighted by Crippen LogP contribution is 2.29. The molecule has 0 aliphatic heterocycles. The standard InChI is InChI=1S/C28H26N4O2/c1-33-27-17-9-7-15-25(27)31-23-13-5-3-11-21(23)19-29-30-20-22-12-4-6-14-24(22)32-26-16-8-10-18-28(26)34-2/h3-20,31-32H,1-2H3. The van der Waals surface area contributed by atoms with E-state index < -0.39 is 0 Å². The Labute approximate surface area is 199 Å². The molecule has 0 spiro atoms. The predicted octanol–water partition coefficient (Wildman–Crippen LogP) is 6.64. The first-order valence-corrected chi connectivity index (χ1v) is 10.8. The first kappa shape index (κ1) is 22.6. The van der Waals surface area contributed by atoms with Crippen LogP contribution in [0.3, 0.4) is 0 Å². The molecule has 34 heavy (non-hydrogen) atoms. The van der Waals surface area contributed by atoms with Gasteiger partial charge in [-0.3, -0.25) is 0 Å². The Morgan fingerprint density at radius 2 is 0.853 bits per heavy atom. The Morgan fingerprint density at radius 1 is 0.500 bits per heavy atom. The van der Waals surface area contributed by atoms with Crippen molar-refractivity contribution in [3.8, 4) is 11.5 Å². The molecule has 0 aliphatic rings. The van der Waals surface area contributed by atoms with Crippen LogP contribution in [0.25, 0.3) is 0 Å². The lowest BCUT2D eigenvalue weighted by atomic mass is 10.1. The molecule has 6 nitrogen and oxygen atoms in total. The number of anilines is 4. The molecule has 0 fully saturated rings. The van der Waals surface area contributed by atoms with Crippen LogP contribution in [0.5, 0.6) is 11.5 Å². The van der Waals surface area contributed by atoms with Crippen molar-refractivity contribution in [3.05, 3.63) is 108 Å². The fourth-order valence-electron chi connectivity index (χ4n) is 3.42. The van der Waals surface area contributed by atoms with Crippen molar-refractivity contribution in [3.63, 3.8) is 0 Å². The average molecular weight is 451 g/mol. The third kappa shape index (κ3) is 5.61. The maximum atomic E-state index is 5.44. The Morgan fingerprint density at radius 3 is 1.26 bits per heavy atom. The number of benzene rings is 4. The monoisotopic (exact) mass is 450 g/mol. The number of nitrogens with one attached hydrogen (secondary N) is 2. The predicted molar refractivity (Wildman–Crippen MR) is 141 cm³/mol. The molecule has 4 rings (SSSR count). The Kier molecular flexibility index (Phi) is 7.54. The summed E-state index contributed by atoms with van der Waals surface area (Å²) in [7, 11) is 3.31. The van der Waals surface area contributed by atoms with E-state index in [2.05, 4.69) is 20.8 Å². The van der Waals surface area contributed by atoms with Crippen LogP contribution in [-0.4, -0.2) is 26.6 Å². The number of para-hydroxylation sites is 6. The van der Waals surface area contributed by atoms with Crippen molar-refractivity contribution in [1.29, 1.82) is 0 Å². The Bertz CT molecular complexity index is 1200. The lowest BCUT2D eigenvalue weighted by Crippen LogP contribution is -1.98. The van der Waals surface area contributed by atoms with E-state index in [1.165, 1.54) is 0 Å². The first-order valence-electron chi connectivity index (χ1n) is 10.8. The van der Waals surface area contributed by atoms with Crippen LogP contribution in [0.15, 0.2) is 107 Å². The van der Waals surface area contributed by atoms with Gasteiger partial charge in [-0.1, -0.05) is 60.7 Å². The molecule has 4 aromatic rings. The van der Waals surface area contributed by atoms with E-state index in [0.717, 1.165) is 45.4 Å². The summed E-state index contributed by atoms with van der Waals surface area (Å²) < 4.78 is 10.9. The van der Waals surface area contributed by atoms with Crippen LogP contribution in [0.1, 0.15) is 11.1 Å². The highest BCUT2D eigenvalue weighted by Gasteiger charge is 2.06.